The first-order chi connectivity index (χ1) is 12.1. The van der Waals surface area contributed by atoms with Gasteiger partial charge in [-0.1, -0.05) is 48.5 Å². The van der Waals surface area contributed by atoms with Gasteiger partial charge in [0, 0.05) is 36.4 Å². The van der Waals surface area contributed by atoms with Crippen LogP contribution in [0.5, 0.6) is 0 Å². The van der Waals surface area contributed by atoms with Crippen LogP contribution in [0.15, 0.2) is 66.7 Å². The van der Waals surface area contributed by atoms with Crippen LogP contribution in [0.3, 0.4) is 0 Å². The molecule has 1 aliphatic heterocycles. The molecule has 0 aliphatic carbocycles. The van der Waals surface area contributed by atoms with Gasteiger partial charge in [-0.15, -0.1) is 0 Å². The molecule has 3 aromatic carbocycles. The second-order valence-corrected chi connectivity index (χ2v) is 6.48. The quantitative estimate of drug-likeness (QED) is 0.519. The van der Waals surface area contributed by atoms with Gasteiger partial charge < -0.3 is 9.80 Å². The summed E-state index contributed by atoms with van der Waals surface area (Å²) in [5.74, 6) is 0.0310. The Morgan fingerprint density at radius 1 is 0.880 bits per heavy atom. The molecule has 0 bridgehead atoms. The van der Waals surface area contributed by atoms with Crippen molar-refractivity contribution < 1.29 is 4.79 Å². The van der Waals surface area contributed by atoms with E-state index in [1.165, 1.54) is 11.4 Å². The third-order valence-electron chi connectivity index (χ3n) is 4.74. The molecule has 0 saturated carbocycles. The third kappa shape index (κ3) is 2.68. The number of hydrogen-bond acceptors (Lipinski definition) is 3. The molecule has 4 rings (SSSR count). The number of carbonyl (C=O) groups is 1. The van der Waals surface area contributed by atoms with Crippen LogP contribution >= 0.6 is 0 Å². The van der Waals surface area contributed by atoms with Crippen molar-refractivity contribution in [1.82, 2.24) is 0 Å². The normalized spacial score (nSPS) is 13.7. The van der Waals surface area contributed by atoms with E-state index >= 15 is 0 Å². The maximum Gasteiger partial charge on any atom is 0.186 e. The molecule has 0 unspecified atom stereocenters. The zero-order valence-corrected chi connectivity index (χ0v) is 14.4. The van der Waals surface area contributed by atoms with E-state index in [1.807, 2.05) is 54.6 Å². The zero-order chi connectivity index (χ0) is 17.4. The number of nitrogens with zero attached hydrogens (tertiary/aromatic N) is 2. The van der Waals surface area contributed by atoms with Crippen molar-refractivity contribution in [3.8, 4) is 0 Å². The minimum atomic E-state index is 0.0310. The van der Waals surface area contributed by atoms with E-state index in [-0.39, 0.29) is 5.78 Å². The van der Waals surface area contributed by atoms with Crippen molar-refractivity contribution in [3.63, 3.8) is 0 Å². The Labute approximate surface area is 147 Å². The minimum absolute atomic E-state index is 0.0310. The molecule has 3 nitrogen and oxygen atoms in total. The summed E-state index contributed by atoms with van der Waals surface area (Å²) >= 11 is 0. The summed E-state index contributed by atoms with van der Waals surface area (Å²) in [6.07, 6.45) is 3.53. The number of benzene rings is 3. The molecule has 0 saturated heterocycles. The first-order valence-electron chi connectivity index (χ1n) is 8.40. The molecule has 3 aromatic rings. The highest BCUT2D eigenvalue weighted by molar-refractivity contribution is 6.19. The van der Waals surface area contributed by atoms with Gasteiger partial charge in [-0.2, -0.15) is 0 Å². The highest BCUT2D eigenvalue weighted by Gasteiger charge is 2.21. The second-order valence-electron chi connectivity index (χ2n) is 6.48. The summed E-state index contributed by atoms with van der Waals surface area (Å²) < 4.78 is 0. The molecule has 0 spiro atoms. The first-order valence-corrected chi connectivity index (χ1v) is 8.40. The number of allylic oxidation sites excluding steroid dienone is 1. The van der Waals surface area contributed by atoms with Crippen molar-refractivity contribution in [2.75, 3.05) is 30.6 Å². The molecule has 3 heteroatoms. The average molecular weight is 328 g/mol. The lowest BCUT2D eigenvalue weighted by Crippen LogP contribution is -2.36. The third-order valence-corrected chi connectivity index (χ3v) is 4.74. The molecule has 0 atom stereocenters. The van der Waals surface area contributed by atoms with Gasteiger partial charge in [0.15, 0.2) is 5.78 Å². The fourth-order valence-electron chi connectivity index (χ4n) is 3.52. The van der Waals surface area contributed by atoms with E-state index in [0.29, 0.717) is 0 Å². The van der Waals surface area contributed by atoms with Crippen LogP contribution in [-0.4, -0.2) is 26.5 Å². The molecule has 1 heterocycles. The fourth-order valence-corrected chi connectivity index (χ4v) is 3.52. The van der Waals surface area contributed by atoms with E-state index in [0.717, 1.165) is 28.6 Å². The lowest BCUT2D eigenvalue weighted by atomic mass is 9.96. The Bertz CT molecular complexity index is 962. The zero-order valence-electron chi connectivity index (χ0n) is 14.4. The molecular formula is C22H20N2O. The Morgan fingerprint density at radius 3 is 2.36 bits per heavy atom. The van der Waals surface area contributed by atoms with Gasteiger partial charge in [-0.25, -0.2) is 0 Å². The summed E-state index contributed by atoms with van der Waals surface area (Å²) in [4.78, 5) is 17.2. The SMILES string of the molecule is CN1CN(C)c2ccc(C(=O)C=Cc3ccccc3)c3cccc1c23. The first kappa shape index (κ1) is 15.5. The average Bonchev–Trinajstić information content (AvgIpc) is 2.64. The summed E-state index contributed by atoms with van der Waals surface area (Å²) in [6.45, 7) is 0.841. The number of rotatable bonds is 3. The number of carbonyl (C=O) groups excluding carboxylic acids is 1. The number of hydrogen-bond donors (Lipinski definition) is 0. The van der Waals surface area contributed by atoms with Crippen LogP contribution in [0.2, 0.25) is 0 Å². The largest absolute Gasteiger partial charge is 0.356 e. The molecular weight excluding hydrogens is 308 g/mol. The van der Waals surface area contributed by atoms with E-state index in [9.17, 15) is 4.79 Å². The van der Waals surface area contributed by atoms with Crippen molar-refractivity contribution in [1.29, 1.82) is 0 Å². The number of anilines is 2. The molecule has 25 heavy (non-hydrogen) atoms. The van der Waals surface area contributed by atoms with E-state index in [1.54, 1.807) is 6.08 Å². The van der Waals surface area contributed by atoms with Gasteiger partial charge in [-0.05, 0) is 35.2 Å². The Balaban J connectivity index is 1.81. The smallest absolute Gasteiger partial charge is 0.186 e. The maximum absolute atomic E-state index is 12.8. The van der Waals surface area contributed by atoms with Crippen molar-refractivity contribution >= 4 is 34.0 Å². The highest BCUT2D eigenvalue weighted by Crippen LogP contribution is 2.39. The van der Waals surface area contributed by atoms with E-state index in [4.69, 9.17) is 0 Å². The van der Waals surface area contributed by atoms with Crippen molar-refractivity contribution in [2.45, 2.75) is 0 Å². The van der Waals surface area contributed by atoms with Crippen molar-refractivity contribution in [2.24, 2.45) is 0 Å². The van der Waals surface area contributed by atoms with Crippen LogP contribution in [0.1, 0.15) is 15.9 Å². The standard InChI is InChI=1S/C22H20N2O/c1-23-15-24(2)20-13-12-17(18-9-6-10-19(23)22(18)20)21(25)14-11-16-7-4-3-5-8-16/h3-14H,15H2,1-2H3. The maximum atomic E-state index is 12.8. The summed E-state index contributed by atoms with van der Waals surface area (Å²) in [5.41, 5.74) is 4.12. The van der Waals surface area contributed by atoms with Gasteiger partial charge >= 0.3 is 0 Å². The highest BCUT2D eigenvalue weighted by atomic mass is 16.1. The monoisotopic (exact) mass is 328 g/mol. The molecule has 1 aliphatic rings. The molecule has 124 valence electrons. The van der Waals surface area contributed by atoms with Gasteiger partial charge in [0.25, 0.3) is 0 Å². The Morgan fingerprint density at radius 2 is 1.60 bits per heavy atom. The Kier molecular flexibility index (Phi) is 3.77. The summed E-state index contributed by atoms with van der Waals surface area (Å²) in [5, 5.41) is 2.16. The van der Waals surface area contributed by atoms with Gasteiger partial charge in [0.2, 0.25) is 0 Å². The van der Waals surface area contributed by atoms with Crippen LogP contribution in [-0.2, 0) is 0 Å². The lowest BCUT2D eigenvalue weighted by molar-refractivity contribution is 0.104. The molecule has 0 amide bonds. The van der Waals surface area contributed by atoms with E-state index < -0.39 is 0 Å². The molecule has 0 aromatic heterocycles. The topological polar surface area (TPSA) is 23.6 Å². The lowest BCUT2D eigenvalue weighted by Gasteiger charge is -2.35. The van der Waals surface area contributed by atoms with Gasteiger partial charge in [0.1, 0.15) is 0 Å². The van der Waals surface area contributed by atoms with Crippen LogP contribution in [0.25, 0.3) is 16.8 Å². The van der Waals surface area contributed by atoms with Crippen LogP contribution < -0.4 is 9.80 Å². The Hall–Kier alpha value is -3.07. The van der Waals surface area contributed by atoms with Crippen LogP contribution in [0.4, 0.5) is 11.4 Å². The fraction of sp³-hybridized carbons (Fsp3) is 0.136. The predicted molar refractivity (Wildman–Crippen MR) is 105 cm³/mol. The molecule has 0 N–H and O–H groups in total. The van der Waals surface area contributed by atoms with Gasteiger partial charge in [0.05, 0.1) is 6.67 Å². The summed E-state index contributed by atoms with van der Waals surface area (Å²) in [6, 6.07) is 20.1. The minimum Gasteiger partial charge on any atom is -0.356 e. The van der Waals surface area contributed by atoms with Crippen LogP contribution in [0, 0.1) is 0 Å². The number of ketones is 1. The predicted octanol–water partition coefficient (Wildman–Crippen LogP) is 4.58. The van der Waals surface area contributed by atoms with E-state index in [2.05, 4.69) is 36.0 Å². The molecule has 0 radical (unpaired) electrons. The molecule has 0 fully saturated rings. The second kappa shape index (κ2) is 6.10. The summed E-state index contributed by atoms with van der Waals surface area (Å²) in [7, 11) is 4.16. The van der Waals surface area contributed by atoms with Crippen molar-refractivity contribution in [3.05, 3.63) is 77.9 Å². The van der Waals surface area contributed by atoms with Gasteiger partial charge in [-0.3, -0.25) is 4.79 Å².